The summed E-state index contributed by atoms with van der Waals surface area (Å²) in [4.78, 5) is 14.4. The van der Waals surface area contributed by atoms with Gasteiger partial charge in [0.2, 0.25) is 11.8 Å². The van der Waals surface area contributed by atoms with Crippen LogP contribution in [-0.2, 0) is 4.79 Å². The van der Waals surface area contributed by atoms with Gasteiger partial charge in [0.05, 0.1) is 5.92 Å². The Balaban J connectivity index is 3.02. The quantitative estimate of drug-likeness (QED) is 0.666. The van der Waals surface area contributed by atoms with Crippen LogP contribution in [-0.4, -0.2) is 16.0 Å². The molecule has 1 unspecified atom stereocenters. The molecule has 4 nitrogen and oxygen atoms in total. The van der Waals surface area contributed by atoms with Crippen LogP contribution in [0.1, 0.15) is 18.4 Å². The third-order valence-electron chi connectivity index (χ3n) is 1.71. The van der Waals surface area contributed by atoms with E-state index in [0.29, 0.717) is 5.56 Å². The molecule has 3 N–H and O–H groups in total. The van der Waals surface area contributed by atoms with Crippen LogP contribution in [0.15, 0.2) is 18.3 Å². The Kier molecular flexibility index (Phi) is 2.28. The van der Waals surface area contributed by atoms with E-state index in [9.17, 15) is 9.90 Å². The first-order valence-corrected chi connectivity index (χ1v) is 3.56. The fraction of sp³-hybridized carbons (Fsp3) is 0.250. The van der Waals surface area contributed by atoms with Gasteiger partial charge in [-0.05, 0) is 13.0 Å². The van der Waals surface area contributed by atoms with Crippen molar-refractivity contribution in [1.82, 2.24) is 4.98 Å². The molecule has 0 aliphatic heterocycles. The Morgan fingerprint density at radius 3 is 2.92 bits per heavy atom. The number of nitrogens with zero attached hydrogens (tertiary/aromatic N) is 1. The van der Waals surface area contributed by atoms with Gasteiger partial charge in [0.1, 0.15) is 0 Å². The van der Waals surface area contributed by atoms with E-state index >= 15 is 0 Å². The lowest BCUT2D eigenvalue weighted by molar-refractivity contribution is -0.119. The number of hydrogen-bond acceptors (Lipinski definition) is 3. The van der Waals surface area contributed by atoms with Crippen molar-refractivity contribution in [3.63, 3.8) is 0 Å². The Hall–Kier alpha value is -1.58. The van der Waals surface area contributed by atoms with Crippen LogP contribution in [0.4, 0.5) is 0 Å². The van der Waals surface area contributed by atoms with E-state index in [1.54, 1.807) is 19.1 Å². The summed E-state index contributed by atoms with van der Waals surface area (Å²) in [5.74, 6) is -1.11. The van der Waals surface area contributed by atoms with Gasteiger partial charge in [-0.25, -0.2) is 4.98 Å². The Bertz CT molecular complexity index is 299. The second kappa shape index (κ2) is 3.21. The molecule has 0 radical (unpaired) electrons. The lowest BCUT2D eigenvalue weighted by atomic mass is 10.0. The van der Waals surface area contributed by atoms with Gasteiger partial charge in [0.15, 0.2) is 0 Å². The number of rotatable bonds is 2. The van der Waals surface area contributed by atoms with Crippen LogP contribution in [0.2, 0.25) is 0 Å². The molecule has 1 atom stereocenters. The summed E-state index contributed by atoms with van der Waals surface area (Å²) in [5.41, 5.74) is 5.52. The molecule has 1 aromatic rings. The zero-order valence-corrected chi connectivity index (χ0v) is 6.69. The second-order valence-corrected chi connectivity index (χ2v) is 2.54. The third kappa shape index (κ3) is 1.53. The summed E-state index contributed by atoms with van der Waals surface area (Å²) < 4.78 is 0. The van der Waals surface area contributed by atoms with E-state index in [1.807, 2.05) is 0 Å². The predicted octanol–water partition coefficient (Wildman–Crippen LogP) is 0.376. The molecule has 0 saturated carbocycles. The van der Waals surface area contributed by atoms with Crippen LogP contribution in [0.3, 0.4) is 0 Å². The van der Waals surface area contributed by atoms with Gasteiger partial charge in [0, 0.05) is 11.8 Å². The van der Waals surface area contributed by atoms with Gasteiger partial charge in [-0.1, -0.05) is 6.07 Å². The van der Waals surface area contributed by atoms with Crippen molar-refractivity contribution in [3.05, 3.63) is 23.9 Å². The number of primary amides is 1. The maximum atomic E-state index is 10.7. The maximum Gasteiger partial charge on any atom is 0.224 e. The molecule has 1 heterocycles. The monoisotopic (exact) mass is 166 g/mol. The minimum atomic E-state index is -0.501. The first-order valence-electron chi connectivity index (χ1n) is 3.56. The zero-order valence-electron chi connectivity index (χ0n) is 6.69. The highest BCUT2D eigenvalue weighted by atomic mass is 16.3. The Morgan fingerprint density at radius 2 is 2.42 bits per heavy atom. The molecule has 0 aromatic carbocycles. The largest absolute Gasteiger partial charge is 0.493 e. The van der Waals surface area contributed by atoms with Gasteiger partial charge >= 0.3 is 0 Å². The van der Waals surface area contributed by atoms with E-state index in [2.05, 4.69) is 4.98 Å². The summed E-state index contributed by atoms with van der Waals surface area (Å²) in [6.45, 7) is 1.62. The molecular formula is C8H10N2O2. The molecule has 0 aliphatic carbocycles. The first kappa shape index (κ1) is 8.52. The number of pyridine rings is 1. The van der Waals surface area contributed by atoms with Gasteiger partial charge in [-0.2, -0.15) is 0 Å². The standard InChI is InChI=1S/C8H10N2O2/c1-5(7(9)11)6-3-2-4-10-8(6)12/h2-5H,1H3,(H2,9,11)(H,10,12). The van der Waals surface area contributed by atoms with Gasteiger partial charge in [-0.3, -0.25) is 4.79 Å². The highest BCUT2D eigenvalue weighted by Gasteiger charge is 2.15. The lowest BCUT2D eigenvalue weighted by Crippen LogP contribution is -2.18. The highest BCUT2D eigenvalue weighted by Crippen LogP contribution is 2.21. The Morgan fingerprint density at radius 1 is 1.75 bits per heavy atom. The second-order valence-electron chi connectivity index (χ2n) is 2.54. The lowest BCUT2D eigenvalue weighted by Gasteiger charge is -2.07. The number of carbonyl (C=O) groups excluding carboxylic acids is 1. The molecule has 1 rings (SSSR count). The molecule has 4 heteroatoms. The predicted molar refractivity (Wildman–Crippen MR) is 43.5 cm³/mol. The van der Waals surface area contributed by atoms with E-state index in [0.717, 1.165) is 0 Å². The molecule has 0 aliphatic rings. The van der Waals surface area contributed by atoms with Crippen molar-refractivity contribution in [2.24, 2.45) is 5.73 Å². The molecule has 1 amide bonds. The van der Waals surface area contributed by atoms with Crippen molar-refractivity contribution in [3.8, 4) is 5.88 Å². The molecule has 0 spiro atoms. The molecule has 12 heavy (non-hydrogen) atoms. The van der Waals surface area contributed by atoms with Gasteiger partial charge in [-0.15, -0.1) is 0 Å². The van der Waals surface area contributed by atoms with Crippen LogP contribution in [0.5, 0.6) is 5.88 Å². The summed E-state index contributed by atoms with van der Waals surface area (Å²) in [6, 6.07) is 3.27. The Labute approximate surface area is 70.0 Å². The van der Waals surface area contributed by atoms with Crippen molar-refractivity contribution < 1.29 is 9.90 Å². The number of hydrogen-bond donors (Lipinski definition) is 2. The van der Waals surface area contributed by atoms with Crippen LogP contribution in [0.25, 0.3) is 0 Å². The number of aromatic hydroxyl groups is 1. The molecule has 0 saturated heterocycles. The smallest absolute Gasteiger partial charge is 0.224 e. The molecule has 64 valence electrons. The molecule has 1 aromatic heterocycles. The number of aromatic nitrogens is 1. The van der Waals surface area contributed by atoms with E-state index in [-0.39, 0.29) is 5.88 Å². The topological polar surface area (TPSA) is 76.2 Å². The van der Waals surface area contributed by atoms with Crippen LogP contribution in [0, 0.1) is 0 Å². The van der Waals surface area contributed by atoms with Crippen LogP contribution >= 0.6 is 0 Å². The fourth-order valence-corrected chi connectivity index (χ4v) is 0.901. The summed E-state index contributed by atoms with van der Waals surface area (Å²) in [7, 11) is 0. The first-order chi connectivity index (χ1) is 5.63. The van der Waals surface area contributed by atoms with Gasteiger partial charge < -0.3 is 10.8 Å². The summed E-state index contributed by atoms with van der Waals surface area (Å²) in [5, 5.41) is 9.21. The fourth-order valence-electron chi connectivity index (χ4n) is 0.901. The van der Waals surface area contributed by atoms with Crippen molar-refractivity contribution in [1.29, 1.82) is 0 Å². The number of amides is 1. The average Bonchev–Trinajstić information content (AvgIpc) is 2.04. The van der Waals surface area contributed by atoms with E-state index < -0.39 is 11.8 Å². The minimum absolute atomic E-state index is 0.135. The summed E-state index contributed by atoms with van der Waals surface area (Å²) in [6.07, 6.45) is 1.45. The van der Waals surface area contributed by atoms with Crippen molar-refractivity contribution in [2.45, 2.75) is 12.8 Å². The molecule has 0 fully saturated rings. The number of nitrogens with two attached hydrogens (primary N) is 1. The van der Waals surface area contributed by atoms with Crippen molar-refractivity contribution in [2.75, 3.05) is 0 Å². The summed E-state index contributed by atoms with van der Waals surface area (Å²) >= 11 is 0. The SMILES string of the molecule is CC(C(N)=O)c1cccnc1O. The zero-order chi connectivity index (χ0) is 9.14. The average molecular weight is 166 g/mol. The van der Waals surface area contributed by atoms with Crippen molar-refractivity contribution >= 4 is 5.91 Å². The minimum Gasteiger partial charge on any atom is -0.493 e. The normalized spacial score (nSPS) is 12.4. The third-order valence-corrected chi connectivity index (χ3v) is 1.71. The van der Waals surface area contributed by atoms with E-state index in [1.165, 1.54) is 6.20 Å². The van der Waals surface area contributed by atoms with E-state index in [4.69, 9.17) is 5.73 Å². The molecule has 0 bridgehead atoms. The highest BCUT2D eigenvalue weighted by molar-refractivity contribution is 5.81. The van der Waals surface area contributed by atoms with Crippen LogP contribution < -0.4 is 5.73 Å². The number of carbonyl (C=O) groups is 1. The van der Waals surface area contributed by atoms with Gasteiger partial charge in [0.25, 0.3) is 0 Å². The maximum absolute atomic E-state index is 10.7. The molecular weight excluding hydrogens is 156 g/mol.